The van der Waals surface area contributed by atoms with Gasteiger partial charge < -0.3 is 15.7 Å². The van der Waals surface area contributed by atoms with Gasteiger partial charge >= 0.3 is 5.97 Å². The Kier molecular flexibility index (Phi) is 4.08. The standard InChI is InChI=1S/C10H18N2O3/c1-2-8(11)10(15)12-5-3-4-7(12)6-9(13)14/h7-8H,2-6,11H2,1H3,(H,13,14). The zero-order chi connectivity index (χ0) is 11.4. The highest BCUT2D eigenvalue weighted by Crippen LogP contribution is 2.21. The number of likely N-dealkylation sites (tertiary alicyclic amines) is 1. The Labute approximate surface area is 89.2 Å². The third-order valence-electron chi connectivity index (χ3n) is 2.83. The molecule has 0 aliphatic carbocycles. The van der Waals surface area contributed by atoms with Crippen LogP contribution in [0.25, 0.3) is 0 Å². The van der Waals surface area contributed by atoms with Gasteiger partial charge in [0.2, 0.25) is 5.91 Å². The normalized spacial score (nSPS) is 22.8. The highest BCUT2D eigenvalue weighted by Gasteiger charge is 2.32. The van der Waals surface area contributed by atoms with Gasteiger partial charge in [-0.05, 0) is 19.3 Å². The lowest BCUT2D eigenvalue weighted by Gasteiger charge is -2.26. The van der Waals surface area contributed by atoms with Crippen LogP contribution in [0.4, 0.5) is 0 Å². The van der Waals surface area contributed by atoms with Crippen molar-refractivity contribution in [2.45, 2.75) is 44.7 Å². The van der Waals surface area contributed by atoms with Crippen LogP contribution in [-0.4, -0.2) is 40.5 Å². The van der Waals surface area contributed by atoms with E-state index in [1.165, 1.54) is 0 Å². The summed E-state index contributed by atoms with van der Waals surface area (Å²) in [5.41, 5.74) is 5.65. The maximum Gasteiger partial charge on any atom is 0.305 e. The zero-order valence-corrected chi connectivity index (χ0v) is 8.98. The minimum Gasteiger partial charge on any atom is -0.481 e. The molecule has 86 valence electrons. The average molecular weight is 214 g/mol. The molecule has 1 fully saturated rings. The number of carboxylic acids is 1. The van der Waals surface area contributed by atoms with Gasteiger partial charge in [0.15, 0.2) is 0 Å². The third kappa shape index (κ3) is 2.92. The zero-order valence-electron chi connectivity index (χ0n) is 8.98. The van der Waals surface area contributed by atoms with Crippen LogP contribution in [0.5, 0.6) is 0 Å². The number of rotatable bonds is 4. The van der Waals surface area contributed by atoms with E-state index < -0.39 is 12.0 Å². The molecule has 1 aliphatic heterocycles. The Morgan fingerprint density at radius 3 is 2.80 bits per heavy atom. The summed E-state index contributed by atoms with van der Waals surface area (Å²) in [6.45, 7) is 2.50. The Morgan fingerprint density at radius 1 is 1.60 bits per heavy atom. The molecule has 1 saturated heterocycles. The largest absolute Gasteiger partial charge is 0.481 e. The number of amides is 1. The van der Waals surface area contributed by atoms with Gasteiger partial charge in [0.05, 0.1) is 12.5 Å². The summed E-state index contributed by atoms with van der Waals surface area (Å²) >= 11 is 0. The molecule has 1 rings (SSSR count). The summed E-state index contributed by atoms with van der Waals surface area (Å²) in [6.07, 6.45) is 2.27. The fraction of sp³-hybridized carbons (Fsp3) is 0.800. The highest BCUT2D eigenvalue weighted by atomic mass is 16.4. The summed E-state index contributed by atoms with van der Waals surface area (Å²) in [7, 11) is 0. The molecular weight excluding hydrogens is 196 g/mol. The van der Waals surface area contributed by atoms with Crippen molar-refractivity contribution in [1.82, 2.24) is 4.90 Å². The van der Waals surface area contributed by atoms with E-state index in [1.54, 1.807) is 4.90 Å². The molecule has 0 saturated carbocycles. The van der Waals surface area contributed by atoms with E-state index in [4.69, 9.17) is 10.8 Å². The Balaban J connectivity index is 2.59. The molecule has 5 nitrogen and oxygen atoms in total. The van der Waals surface area contributed by atoms with E-state index in [-0.39, 0.29) is 18.4 Å². The van der Waals surface area contributed by atoms with Gasteiger partial charge in [-0.15, -0.1) is 0 Å². The van der Waals surface area contributed by atoms with Gasteiger partial charge in [-0.3, -0.25) is 9.59 Å². The molecule has 1 aliphatic rings. The lowest BCUT2D eigenvalue weighted by atomic mass is 10.1. The highest BCUT2D eigenvalue weighted by molar-refractivity contribution is 5.82. The van der Waals surface area contributed by atoms with Crippen molar-refractivity contribution in [3.63, 3.8) is 0 Å². The number of carboxylic acid groups (broad SMARTS) is 1. The first-order valence-electron chi connectivity index (χ1n) is 5.34. The van der Waals surface area contributed by atoms with Crippen LogP contribution in [-0.2, 0) is 9.59 Å². The van der Waals surface area contributed by atoms with Gasteiger partial charge in [-0.2, -0.15) is 0 Å². The van der Waals surface area contributed by atoms with Crippen molar-refractivity contribution in [2.24, 2.45) is 5.73 Å². The van der Waals surface area contributed by atoms with Crippen molar-refractivity contribution < 1.29 is 14.7 Å². The predicted molar refractivity (Wildman–Crippen MR) is 55.3 cm³/mol. The molecule has 0 aromatic heterocycles. The number of nitrogens with two attached hydrogens (primary N) is 1. The first-order valence-corrected chi connectivity index (χ1v) is 5.34. The van der Waals surface area contributed by atoms with E-state index in [1.807, 2.05) is 6.92 Å². The van der Waals surface area contributed by atoms with E-state index in [2.05, 4.69) is 0 Å². The summed E-state index contributed by atoms with van der Waals surface area (Å²) in [5.74, 6) is -0.967. The van der Waals surface area contributed by atoms with Crippen molar-refractivity contribution in [1.29, 1.82) is 0 Å². The Morgan fingerprint density at radius 2 is 2.27 bits per heavy atom. The van der Waals surface area contributed by atoms with Crippen molar-refractivity contribution >= 4 is 11.9 Å². The van der Waals surface area contributed by atoms with Crippen LogP contribution < -0.4 is 5.73 Å². The summed E-state index contributed by atoms with van der Waals surface area (Å²) in [6, 6.07) is -0.646. The number of hydrogen-bond donors (Lipinski definition) is 2. The monoisotopic (exact) mass is 214 g/mol. The van der Waals surface area contributed by atoms with Gasteiger partial charge in [0.1, 0.15) is 0 Å². The molecule has 2 unspecified atom stereocenters. The minimum absolute atomic E-state index is 0.0299. The summed E-state index contributed by atoms with van der Waals surface area (Å²) in [5, 5.41) is 8.70. The Hall–Kier alpha value is -1.10. The lowest BCUT2D eigenvalue weighted by Crippen LogP contribution is -2.46. The smallest absolute Gasteiger partial charge is 0.305 e. The van der Waals surface area contributed by atoms with Crippen LogP contribution in [0.2, 0.25) is 0 Å². The fourth-order valence-electron chi connectivity index (χ4n) is 1.93. The SMILES string of the molecule is CCC(N)C(=O)N1CCCC1CC(=O)O. The topological polar surface area (TPSA) is 83.6 Å². The quantitative estimate of drug-likeness (QED) is 0.699. The van der Waals surface area contributed by atoms with Crippen LogP contribution in [0, 0.1) is 0 Å². The third-order valence-corrected chi connectivity index (χ3v) is 2.83. The average Bonchev–Trinajstić information content (AvgIpc) is 2.62. The first-order chi connectivity index (χ1) is 7.06. The molecule has 0 radical (unpaired) electrons. The molecule has 5 heteroatoms. The first kappa shape index (κ1) is 12.0. The number of aliphatic carboxylic acids is 1. The molecule has 1 heterocycles. The van der Waals surface area contributed by atoms with Gasteiger partial charge in [-0.25, -0.2) is 0 Å². The molecule has 0 bridgehead atoms. The maximum absolute atomic E-state index is 11.8. The molecule has 1 amide bonds. The Bertz CT molecular complexity index is 255. The fourth-order valence-corrected chi connectivity index (χ4v) is 1.93. The predicted octanol–water partition coefficient (Wildman–Crippen LogP) is 0.189. The number of carbonyl (C=O) groups excluding carboxylic acids is 1. The second kappa shape index (κ2) is 5.11. The molecule has 0 spiro atoms. The molecule has 0 aromatic carbocycles. The molecule has 0 aromatic rings. The number of hydrogen-bond acceptors (Lipinski definition) is 3. The maximum atomic E-state index is 11.8. The van der Waals surface area contributed by atoms with E-state index in [0.29, 0.717) is 13.0 Å². The lowest BCUT2D eigenvalue weighted by molar-refractivity contribution is -0.140. The van der Waals surface area contributed by atoms with E-state index in [0.717, 1.165) is 12.8 Å². The van der Waals surface area contributed by atoms with Gasteiger partial charge in [0, 0.05) is 12.6 Å². The van der Waals surface area contributed by atoms with E-state index in [9.17, 15) is 9.59 Å². The summed E-state index contributed by atoms with van der Waals surface area (Å²) in [4.78, 5) is 24.0. The van der Waals surface area contributed by atoms with Crippen molar-refractivity contribution in [3.05, 3.63) is 0 Å². The van der Waals surface area contributed by atoms with Crippen molar-refractivity contribution in [2.75, 3.05) is 6.54 Å². The van der Waals surface area contributed by atoms with Gasteiger partial charge in [-0.1, -0.05) is 6.92 Å². The molecular formula is C10H18N2O3. The van der Waals surface area contributed by atoms with Crippen LogP contribution >= 0.6 is 0 Å². The summed E-state index contributed by atoms with van der Waals surface area (Å²) < 4.78 is 0. The van der Waals surface area contributed by atoms with Crippen LogP contribution in [0.15, 0.2) is 0 Å². The van der Waals surface area contributed by atoms with E-state index >= 15 is 0 Å². The molecule has 2 atom stereocenters. The number of carbonyl (C=O) groups is 2. The molecule has 3 N–H and O–H groups in total. The van der Waals surface area contributed by atoms with Crippen LogP contribution in [0.1, 0.15) is 32.6 Å². The number of nitrogens with zero attached hydrogens (tertiary/aromatic N) is 1. The second-order valence-electron chi connectivity index (χ2n) is 3.94. The second-order valence-corrected chi connectivity index (χ2v) is 3.94. The van der Waals surface area contributed by atoms with Crippen LogP contribution in [0.3, 0.4) is 0 Å². The minimum atomic E-state index is -0.857. The van der Waals surface area contributed by atoms with Gasteiger partial charge in [0.25, 0.3) is 0 Å². The van der Waals surface area contributed by atoms with Crippen molar-refractivity contribution in [3.8, 4) is 0 Å². The molecule has 15 heavy (non-hydrogen) atoms.